The van der Waals surface area contributed by atoms with Crippen LogP contribution in [0.1, 0.15) is 109 Å². The van der Waals surface area contributed by atoms with Gasteiger partial charge in [-0.3, -0.25) is 4.79 Å². The number of benzene rings is 1. The third kappa shape index (κ3) is 6.61. The predicted molar refractivity (Wildman–Crippen MR) is 113 cm³/mol. The van der Waals surface area contributed by atoms with Crippen molar-refractivity contribution in [3.8, 4) is 11.5 Å². The second-order valence-electron chi connectivity index (χ2n) is 5.20. The number of likely N-dealkylation sites (tertiary alicyclic amines) is 1. The van der Waals surface area contributed by atoms with Gasteiger partial charge in [-0.2, -0.15) is 0 Å². The Kier molecular flexibility index (Phi) is 2.17. The van der Waals surface area contributed by atoms with Gasteiger partial charge in [0.15, 0.2) is 11.5 Å². The van der Waals surface area contributed by atoms with Crippen LogP contribution in [0.15, 0.2) is 18.2 Å². The Morgan fingerprint density at radius 2 is 2.00 bits per heavy atom. The molecule has 0 aromatic heterocycles. The summed E-state index contributed by atoms with van der Waals surface area (Å²) in [7, 11) is 0. The smallest absolute Gasteiger partial charge is 0.220 e. The summed E-state index contributed by atoms with van der Waals surface area (Å²) in [5.74, 6) is -3.93. The van der Waals surface area contributed by atoms with E-state index in [-0.39, 0.29) is 0 Å². The van der Waals surface area contributed by atoms with Crippen molar-refractivity contribution >= 4 is 5.91 Å². The first-order valence-electron chi connectivity index (χ1n) is 22.4. The van der Waals surface area contributed by atoms with Gasteiger partial charge in [-0.25, -0.2) is 0 Å². The number of amides is 1. The van der Waals surface area contributed by atoms with Crippen molar-refractivity contribution in [2.75, 3.05) is 32.6 Å². The van der Waals surface area contributed by atoms with Crippen LogP contribution in [0.3, 0.4) is 0 Å². The molecule has 2 atom stereocenters. The molecule has 1 fully saturated rings. The van der Waals surface area contributed by atoms with Gasteiger partial charge in [0, 0.05) is 47.1 Å². The van der Waals surface area contributed by atoms with Crippen LogP contribution in [0.5, 0.6) is 11.5 Å². The van der Waals surface area contributed by atoms with Crippen molar-refractivity contribution in [3.63, 3.8) is 0 Å². The summed E-state index contributed by atoms with van der Waals surface area (Å²) >= 11 is 0. The number of carbonyl (C=O) groups excluding carboxylic acids is 1. The molecule has 162 valence electrons. The Bertz CT molecular complexity index is 1750. The molecule has 0 radical (unpaired) electrons. The van der Waals surface area contributed by atoms with Gasteiger partial charge in [0.1, 0.15) is 19.2 Å². The summed E-state index contributed by atoms with van der Waals surface area (Å²) in [5.41, 5.74) is -0.781. The molecule has 1 saturated heterocycles. The fraction of sp³-hybridized carbons (Fsp3) is 0.696. The van der Waals surface area contributed by atoms with Crippen LogP contribution in [-0.4, -0.2) is 54.6 Å². The number of ether oxygens (including phenoxy) is 2. The normalized spacial score (nSPS) is 47.6. The van der Waals surface area contributed by atoms with Crippen molar-refractivity contribution in [2.24, 2.45) is 0 Å². The Balaban J connectivity index is 2.29. The largest absolute Gasteiger partial charge is 0.486 e. The number of aliphatic hydroxyl groups excluding tert-OH is 1. The van der Waals surface area contributed by atoms with Crippen molar-refractivity contribution in [3.05, 3.63) is 23.8 Å². The first-order chi connectivity index (χ1) is 25.1. The molecular formula is C23H36N2O4. The molecular weight excluding hydrogens is 368 g/mol. The molecule has 0 saturated carbocycles. The molecule has 2 heterocycles. The standard InChI is InChI=1S/C23H36N2O4/c1-2-3-4-5-6-9-22(26)24-19(17-25-12-7-8-13-25)23(27)18-10-11-20-21(16-18)29-15-14-28-20/h10-11,16,19,23,27H,2-9,12-15,17H2,1H3,(H,24,26)/t19-,23-/m1/s1/i1D3,2D2,3D2,4D2,5D2,6D2,7D2,8D2,9D2,12D2,13D2,14D2,15D2,17D2. The maximum atomic E-state index is 13.8. The van der Waals surface area contributed by atoms with Gasteiger partial charge in [-0.1, -0.05) is 38.4 Å². The minimum absolute atomic E-state index is 0.558. The number of hydrogen-bond acceptors (Lipinski definition) is 5. The number of carbonyl (C=O) groups is 1. The van der Waals surface area contributed by atoms with E-state index in [2.05, 4.69) is 0 Å². The molecule has 0 aliphatic carbocycles. The van der Waals surface area contributed by atoms with Gasteiger partial charge in [0.05, 0.1) is 11.5 Å². The zero-order valence-corrected chi connectivity index (χ0v) is 14.5. The average molecular weight is 434 g/mol. The molecule has 29 heavy (non-hydrogen) atoms. The first-order valence-corrected chi connectivity index (χ1v) is 7.89. The lowest BCUT2D eigenvalue weighted by Crippen LogP contribution is -2.46. The van der Waals surface area contributed by atoms with Gasteiger partial charge < -0.3 is 24.8 Å². The van der Waals surface area contributed by atoms with E-state index in [1.165, 1.54) is 5.32 Å². The lowest BCUT2D eigenvalue weighted by Gasteiger charge is -2.29. The molecule has 1 aromatic rings. The third-order valence-corrected chi connectivity index (χ3v) is 3.37. The molecule has 2 aliphatic heterocycles. The van der Waals surface area contributed by atoms with Gasteiger partial charge in [-0.05, 0) is 49.8 Å². The molecule has 0 unspecified atom stereocenters. The van der Waals surface area contributed by atoms with Crippen molar-refractivity contribution < 1.29 is 59.1 Å². The van der Waals surface area contributed by atoms with E-state index < -0.39 is 130 Å². The molecule has 6 heteroatoms. The van der Waals surface area contributed by atoms with Crippen LogP contribution in [0.2, 0.25) is 0 Å². The number of fused-ring (bicyclic) bond motifs is 1. The maximum Gasteiger partial charge on any atom is 0.220 e. The Hall–Kier alpha value is -1.79. The van der Waals surface area contributed by atoms with E-state index in [0.29, 0.717) is 6.07 Å². The average Bonchev–Trinajstić information content (AvgIpc) is 3.08. The molecule has 0 bridgehead atoms. The summed E-state index contributed by atoms with van der Waals surface area (Å²) in [5, 5.41) is 13.0. The van der Waals surface area contributed by atoms with Crippen molar-refractivity contribution in [2.45, 2.75) is 70.0 Å². The summed E-state index contributed by atoms with van der Waals surface area (Å²) in [6, 6.07) is -1.06. The zero-order chi connectivity index (χ0) is 46.3. The molecule has 3 rings (SSSR count). The Morgan fingerprint density at radius 1 is 1.24 bits per heavy atom. The van der Waals surface area contributed by atoms with E-state index in [4.69, 9.17) is 49.2 Å². The highest BCUT2D eigenvalue weighted by Gasteiger charge is 2.27. The second-order valence-corrected chi connectivity index (χ2v) is 5.20. The number of hydrogen-bond donors (Lipinski definition) is 2. The van der Waals surface area contributed by atoms with E-state index in [9.17, 15) is 9.90 Å². The van der Waals surface area contributed by atoms with Crippen molar-refractivity contribution in [1.29, 1.82) is 0 Å². The van der Waals surface area contributed by atoms with E-state index in [1.807, 2.05) is 0 Å². The van der Waals surface area contributed by atoms with Crippen LogP contribution in [0, 0.1) is 0 Å². The summed E-state index contributed by atoms with van der Waals surface area (Å²) in [6.07, 6.45) is -38.7. The molecule has 1 aromatic carbocycles. The molecule has 6 nitrogen and oxygen atoms in total. The first kappa shape index (κ1) is 5.52. The minimum atomic E-state index is -4.79. The number of nitrogens with zero attached hydrogens (tertiary/aromatic N) is 1. The fourth-order valence-electron chi connectivity index (χ4n) is 2.16. The molecule has 1 amide bonds. The highest BCUT2D eigenvalue weighted by atomic mass is 16.6. The van der Waals surface area contributed by atoms with Crippen LogP contribution in [-0.2, 0) is 4.79 Å². The second kappa shape index (κ2) is 11.4. The maximum absolute atomic E-state index is 13.8. The van der Waals surface area contributed by atoms with E-state index >= 15 is 0 Å². The molecule has 2 aliphatic rings. The SMILES string of the molecule is [2H]C([2H])([C@@H](NC(=O)C([2H])([2H])C([2H])([2H])C([2H])([2H])C([2H])([2H])C([2H])([2H])C([2H])([2H])C([2H])([2H])[2H])[C@H](O)c1ccc2c(c1)OC([2H])([2H])C([2H])([2H])O2)N1C([2H])([2H])C([2H])([2H])C([2H])([2H])C1([2H])[2H]. The summed E-state index contributed by atoms with van der Waals surface area (Å²) in [4.78, 5) is 13.1. The predicted octanol–water partition coefficient (Wildman–Crippen LogP) is 3.43. The van der Waals surface area contributed by atoms with Gasteiger partial charge >= 0.3 is 0 Å². The fourth-order valence-corrected chi connectivity index (χ4v) is 2.16. The third-order valence-electron chi connectivity index (χ3n) is 3.37. The van der Waals surface area contributed by atoms with E-state index in [0.717, 1.165) is 12.1 Å². The van der Waals surface area contributed by atoms with Gasteiger partial charge in [-0.15, -0.1) is 0 Å². The van der Waals surface area contributed by atoms with Gasteiger partial charge in [0.25, 0.3) is 0 Å². The van der Waals surface area contributed by atoms with E-state index in [1.54, 1.807) is 0 Å². The van der Waals surface area contributed by atoms with Crippen LogP contribution < -0.4 is 14.8 Å². The zero-order valence-electron chi connectivity index (χ0n) is 43.5. The van der Waals surface area contributed by atoms with Crippen LogP contribution in [0.25, 0.3) is 0 Å². The Labute approximate surface area is 215 Å². The molecule has 0 spiro atoms. The lowest BCUT2D eigenvalue weighted by atomic mass is 10.0. The topological polar surface area (TPSA) is 71.0 Å². The minimum Gasteiger partial charge on any atom is -0.486 e. The van der Waals surface area contributed by atoms with Gasteiger partial charge in [0.2, 0.25) is 5.91 Å². The Morgan fingerprint density at radius 3 is 2.79 bits per heavy atom. The highest BCUT2D eigenvalue weighted by Crippen LogP contribution is 2.33. The van der Waals surface area contributed by atoms with Crippen molar-refractivity contribution in [1.82, 2.24) is 10.2 Å². The summed E-state index contributed by atoms with van der Waals surface area (Å²) in [6.45, 7) is -22.9. The summed E-state index contributed by atoms with van der Waals surface area (Å²) < 4.78 is 244. The lowest BCUT2D eigenvalue weighted by molar-refractivity contribution is -0.123. The number of aliphatic hydroxyl groups is 1. The molecule has 2 N–H and O–H groups in total. The van der Waals surface area contributed by atoms with Crippen LogP contribution >= 0.6 is 0 Å². The quantitative estimate of drug-likeness (QED) is 0.559. The monoisotopic (exact) mass is 433 g/mol. The number of rotatable bonds is 11. The highest BCUT2D eigenvalue weighted by molar-refractivity contribution is 5.76. The van der Waals surface area contributed by atoms with Crippen LogP contribution in [0.4, 0.5) is 0 Å². The number of nitrogens with one attached hydrogen (secondary N) is 1.